The molecule has 0 aromatic heterocycles. The molecule has 2 heteroatoms. The summed E-state index contributed by atoms with van der Waals surface area (Å²) < 4.78 is 0. The van der Waals surface area contributed by atoms with Crippen molar-refractivity contribution < 1.29 is 0 Å². The van der Waals surface area contributed by atoms with E-state index in [1.165, 1.54) is 77.2 Å². The van der Waals surface area contributed by atoms with Crippen LogP contribution in [-0.4, -0.2) is 37.1 Å². The van der Waals surface area contributed by atoms with Crippen LogP contribution >= 0.6 is 0 Å². The Balaban J connectivity index is 1.51. The van der Waals surface area contributed by atoms with E-state index in [-0.39, 0.29) is 0 Å². The number of rotatable bonds is 5. The molecule has 3 saturated carbocycles. The summed E-state index contributed by atoms with van der Waals surface area (Å²) in [5.41, 5.74) is 0.449. The molecule has 3 fully saturated rings. The van der Waals surface area contributed by atoms with Gasteiger partial charge in [-0.05, 0) is 64.5 Å². The Hall–Kier alpha value is -0.0800. The number of likely N-dealkylation sites (N-methyl/N-ethyl adjacent to an activating group) is 1. The first-order valence-electron chi connectivity index (χ1n) is 9.10. The largest absolute Gasteiger partial charge is 0.312 e. The molecule has 3 rings (SSSR count). The molecular weight excluding hydrogens is 244 g/mol. The van der Waals surface area contributed by atoms with Gasteiger partial charge in [0.05, 0.1) is 0 Å². The predicted octanol–water partition coefficient (Wildman–Crippen LogP) is 3.81. The smallest absolute Gasteiger partial charge is 0.0327 e. The Kier molecular flexibility index (Phi) is 4.72. The lowest BCUT2D eigenvalue weighted by Crippen LogP contribution is -2.55. The van der Waals surface area contributed by atoms with Crippen molar-refractivity contribution in [3.63, 3.8) is 0 Å². The summed E-state index contributed by atoms with van der Waals surface area (Å²) in [6, 6.07) is 0.813. The Bertz CT molecular complexity index is 303. The van der Waals surface area contributed by atoms with Gasteiger partial charge in [-0.3, -0.25) is 0 Å². The highest BCUT2D eigenvalue weighted by atomic mass is 15.2. The van der Waals surface area contributed by atoms with Gasteiger partial charge in [-0.2, -0.15) is 0 Å². The van der Waals surface area contributed by atoms with Crippen LogP contribution in [0.4, 0.5) is 0 Å². The van der Waals surface area contributed by atoms with Crippen LogP contribution in [0.3, 0.4) is 0 Å². The molecule has 20 heavy (non-hydrogen) atoms. The molecule has 0 aliphatic heterocycles. The summed E-state index contributed by atoms with van der Waals surface area (Å²) in [4.78, 5) is 2.51. The molecule has 0 bridgehead atoms. The zero-order valence-electron chi connectivity index (χ0n) is 13.7. The number of nitrogens with one attached hydrogen (secondary N) is 1. The van der Waals surface area contributed by atoms with Crippen molar-refractivity contribution in [1.29, 1.82) is 0 Å². The van der Waals surface area contributed by atoms with Gasteiger partial charge in [0.25, 0.3) is 0 Å². The lowest BCUT2D eigenvalue weighted by atomic mass is 9.79. The van der Waals surface area contributed by atoms with Crippen LogP contribution in [0.2, 0.25) is 0 Å². The molecule has 0 radical (unpaired) electrons. The first kappa shape index (κ1) is 14.8. The third-order valence-corrected chi connectivity index (χ3v) is 6.46. The minimum Gasteiger partial charge on any atom is -0.312 e. The SMILES string of the molecule is CN(C)C1(CNC2CCCC(C3CC3)C2)CCCCC1. The standard InChI is InChI=1S/C18H34N2/c1-20(2)18(11-4-3-5-12-18)14-19-17-8-6-7-16(13-17)15-9-10-15/h15-17,19H,3-14H2,1-2H3. The third kappa shape index (κ3) is 3.39. The van der Waals surface area contributed by atoms with Gasteiger partial charge < -0.3 is 10.2 Å². The van der Waals surface area contributed by atoms with Crippen LogP contribution in [-0.2, 0) is 0 Å². The van der Waals surface area contributed by atoms with Crippen molar-refractivity contribution in [2.45, 2.75) is 82.2 Å². The van der Waals surface area contributed by atoms with E-state index in [0.717, 1.165) is 17.9 Å². The predicted molar refractivity (Wildman–Crippen MR) is 86.0 cm³/mol. The average Bonchev–Trinajstić information content (AvgIpc) is 3.31. The van der Waals surface area contributed by atoms with Crippen molar-refractivity contribution >= 4 is 0 Å². The van der Waals surface area contributed by atoms with Crippen LogP contribution in [0.15, 0.2) is 0 Å². The van der Waals surface area contributed by atoms with Crippen LogP contribution in [0, 0.1) is 11.8 Å². The van der Waals surface area contributed by atoms with Crippen LogP contribution in [0.5, 0.6) is 0 Å². The van der Waals surface area contributed by atoms with Crippen molar-refractivity contribution in [3.8, 4) is 0 Å². The normalized spacial score (nSPS) is 34.4. The molecule has 1 N–H and O–H groups in total. The second-order valence-electron chi connectivity index (χ2n) is 8.02. The first-order chi connectivity index (χ1) is 9.70. The zero-order chi connectivity index (χ0) is 14.0. The summed E-state index contributed by atoms with van der Waals surface area (Å²) >= 11 is 0. The topological polar surface area (TPSA) is 15.3 Å². The van der Waals surface area contributed by atoms with Gasteiger partial charge in [0.1, 0.15) is 0 Å². The number of hydrogen-bond donors (Lipinski definition) is 1. The molecule has 0 amide bonds. The van der Waals surface area contributed by atoms with Crippen molar-refractivity contribution in [3.05, 3.63) is 0 Å². The van der Waals surface area contributed by atoms with E-state index < -0.39 is 0 Å². The fraction of sp³-hybridized carbons (Fsp3) is 1.00. The molecule has 0 saturated heterocycles. The van der Waals surface area contributed by atoms with E-state index in [1.54, 1.807) is 0 Å². The van der Waals surface area contributed by atoms with Crippen molar-refractivity contribution in [1.82, 2.24) is 10.2 Å². The third-order valence-electron chi connectivity index (χ3n) is 6.46. The summed E-state index contributed by atoms with van der Waals surface area (Å²) in [5, 5.41) is 3.98. The Morgan fingerprint density at radius 3 is 2.30 bits per heavy atom. The first-order valence-corrected chi connectivity index (χ1v) is 9.10. The molecule has 116 valence electrons. The monoisotopic (exact) mass is 278 g/mol. The molecule has 0 aromatic carbocycles. The lowest BCUT2D eigenvalue weighted by molar-refractivity contribution is 0.0906. The highest BCUT2D eigenvalue weighted by molar-refractivity contribution is 4.95. The Morgan fingerprint density at radius 1 is 0.900 bits per heavy atom. The van der Waals surface area contributed by atoms with Crippen LogP contribution in [0.1, 0.15) is 70.6 Å². The average molecular weight is 278 g/mol. The molecule has 0 heterocycles. The highest BCUT2D eigenvalue weighted by Gasteiger charge is 2.37. The molecule has 0 aromatic rings. The molecule has 3 aliphatic rings. The molecule has 0 spiro atoms. The summed E-state index contributed by atoms with van der Waals surface area (Å²) in [6.07, 6.45) is 16.0. The Labute approximate surface area is 125 Å². The van der Waals surface area contributed by atoms with Gasteiger partial charge in [-0.15, -0.1) is 0 Å². The fourth-order valence-electron chi connectivity index (χ4n) is 4.74. The molecule has 3 aliphatic carbocycles. The van der Waals surface area contributed by atoms with Gasteiger partial charge in [0.2, 0.25) is 0 Å². The second kappa shape index (κ2) is 6.36. The fourth-order valence-corrected chi connectivity index (χ4v) is 4.74. The molecule has 2 unspecified atom stereocenters. The maximum atomic E-state index is 3.98. The van der Waals surface area contributed by atoms with E-state index >= 15 is 0 Å². The van der Waals surface area contributed by atoms with Crippen LogP contribution in [0.25, 0.3) is 0 Å². The van der Waals surface area contributed by atoms with Crippen molar-refractivity contribution in [2.75, 3.05) is 20.6 Å². The van der Waals surface area contributed by atoms with Gasteiger partial charge in [0, 0.05) is 18.1 Å². The second-order valence-corrected chi connectivity index (χ2v) is 8.02. The van der Waals surface area contributed by atoms with E-state index in [1.807, 2.05) is 0 Å². The summed E-state index contributed by atoms with van der Waals surface area (Å²) in [5.74, 6) is 2.17. The molecule has 2 nitrogen and oxygen atoms in total. The minimum atomic E-state index is 0.449. The maximum Gasteiger partial charge on any atom is 0.0327 e. The quantitative estimate of drug-likeness (QED) is 0.822. The summed E-state index contributed by atoms with van der Waals surface area (Å²) in [6.45, 7) is 1.22. The maximum absolute atomic E-state index is 3.98. The number of nitrogens with zero attached hydrogens (tertiary/aromatic N) is 1. The van der Waals surface area contributed by atoms with Crippen molar-refractivity contribution in [2.24, 2.45) is 11.8 Å². The van der Waals surface area contributed by atoms with E-state index in [4.69, 9.17) is 0 Å². The highest BCUT2D eigenvalue weighted by Crippen LogP contribution is 2.44. The molecular formula is C18H34N2. The van der Waals surface area contributed by atoms with Gasteiger partial charge in [0.15, 0.2) is 0 Å². The van der Waals surface area contributed by atoms with Crippen LogP contribution < -0.4 is 5.32 Å². The lowest BCUT2D eigenvalue weighted by Gasteiger charge is -2.44. The van der Waals surface area contributed by atoms with Gasteiger partial charge in [-0.25, -0.2) is 0 Å². The van der Waals surface area contributed by atoms with Gasteiger partial charge in [-0.1, -0.05) is 32.1 Å². The van der Waals surface area contributed by atoms with Gasteiger partial charge >= 0.3 is 0 Å². The van der Waals surface area contributed by atoms with E-state index in [9.17, 15) is 0 Å². The number of hydrogen-bond acceptors (Lipinski definition) is 2. The minimum absolute atomic E-state index is 0.449. The molecule has 2 atom stereocenters. The zero-order valence-corrected chi connectivity index (χ0v) is 13.7. The van der Waals surface area contributed by atoms with E-state index in [2.05, 4.69) is 24.3 Å². The Morgan fingerprint density at radius 2 is 1.65 bits per heavy atom. The van der Waals surface area contributed by atoms with E-state index in [0.29, 0.717) is 5.54 Å². The summed E-state index contributed by atoms with van der Waals surface area (Å²) in [7, 11) is 4.59.